The van der Waals surface area contributed by atoms with Gasteiger partial charge in [-0.1, -0.05) is 38.2 Å². The molecule has 3 N–H and O–H groups in total. The summed E-state index contributed by atoms with van der Waals surface area (Å²) in [4.78, 5) is 22.2. The van der Waals surface area contributed by atoms with Crippen LogP contribution in [0, 0.1) is 5.92 Å². The van der Waals surface area contributed by atoms with Crippen molar-refractivity contribution in [3.05, 3.63) is 103 Å². The van der Waals surface area contributed by atoms with E-state index in [1.54, 1.807) is 18.6 Å². The number of hydrogen-bond acceptors (Lipinski definition) is 6. The van der Waals surface area contributed by atoms with Crippen LogP contribution in [0.15, 0.2) is 85.9 Å². The van der Waals surface area contributed by atoms with Crippen molar-refractivity contribution in [2.45, 2.75) is 32.6 Å². The minimum absolute atomic E-state index is 0.648. The first-order valence-corrected chi connectivity index (χ1v) is 13.9. The van der Waals surface area contributed by atoms with Crippen LogP contribution in [0.4, 0.5) is 5.69 Å². The molecular weight excluding hydrogens is 494 g/mol. The highest BCUT2D eigenvalue weighted by molar-refractivity contribution is 5.92. The number of anilines is 1. The van der Waals surface area contributed by atoms with E-state index in [1.165, 1.54) is 25.7 Å². The normalized spacial score (nSPS) is 14.6. The molecule has 204 valence electrons. The SMILES string of the molecule is C=C/C(=C\C(=C/C)c1ccc(NC)c(C(=C)c2nc3c(-c4cccnc4)nccc3[nH]2)n1)CNCC1CCCC1. The van der Waals surface area contributed by atoms with E-state index in [-0.39, 0.29) is 0 Å². The van der Waals surface area contributed by atoms with Gasteiger partial charge in [-0.15, -0.1) is 0 Å². The van der Waals surface area contributed by atoms with Crippen LogP contribution in [0.25, 0.3) is 33.4 Å². The molecule has 1 aliphatic rings. The molecule has 0 saturated heterocycles. The molecule has 0 bridgehead atoms. The Hall–Kier alpha value is -4.36. The highest BCUT2D eigenvalue weighted by atomic mass is 15.0. The molecule has 0 amide bonds. The first-order valence-electron chi connectivity index (χ1n) is 13.9. The molecule has 4 aromatic heterocycles. The summed E-state index contributed by atoms with van der Waals surface area (Å²) in [5.41, 5.74) is 8.67. The average Bonchev–Trinajstić information content (AvgIpc) is 3.69. The minimum atomic E-state index is 0.648. The minimum Gasteiger partial charge on any atom is -0.386 e. The van der Waals surface area contributed by atoms with Gasteiger partial charge in [-0.2, -0.15) is 0 Å². The lowest BCUT2D eigenvalue weighted by molar-refractivity contribution is 0.503. The second-order valence-electron chi connectivity index (χ2n) is 10.2. The van der Waals surface area contributed by atoms with E-state index in [0.717, 1.165) is 69.5 Å². The number of imidazole rings is 1. The van der Waals surface area contributed by atoms with Crippen LogP contribution in [-0.4, -0.2) is 45.1 Å². The monoisotopic (exact) mass is 531 g/mol. The quantitative estimate of drug-likeness (QED) is 0.184. The number of nitrogens with zero attached hydrogens (tertiary/aromatic N) is 4. The van der Waals surface area contributed by atoms with Gasteiger partial charge in [0.15, 0.2) is 0 Å². The Kier molecular flexibility index (Phi) is 8.62. The van der Waals surface area contributed by atoms with Gasteiger partial charge in [-0.05, 0) is 79.8 Å². The molecule has 0 aromatic carbocycles. The van der Waals surface area contributed by atoms with E-state index in [0.29, 0.717) is 11.4 Å². The number of nitrogens with one attached hydrogen (secondary N) is 3. The number of rotatable bonds is 11. The zero-order chi connectivity index (χ0) is 27.9. The Balaban J connectivity index is 1.43. The highest BCUT2D eigenvalue weighted by Gasteiger charge is 2.18. The van der Waals surface area contributed by atoms with E-state index < -0.39 is 0 Å². The van der Waals surface area contributed by atoms with Crippen molar-refractivity contribution in [2.24, 2.45) is 5.92 Å². The van der Waals surface area contributed by atoms with Crippen LogP contribution in [-0.2, 0) is 0 Å². The van der Waals surface area contributed by atoms with Crippen LogP contribution in [0.1, 0.15) is 49.8 Å². The molecule has 7 nitrogen and oxygen atoms in total. The van der Waals surface area contributed by atoms with E-state index in [2.05, 4.69) is 50.9 Å². The first kappa shape index (κ1) is 27.2. The molecule has 1 fully saturated rings. The largest absolute Gasteiger partial charge is 0.386 e. The molecule has 0 atom stereocenters. The molecule has 0 radical (unpaired) electrons. The summed E-state index contributed by atoms with van der Waals surface area (Å²) in [6, 6.07) is 9.87. The van der Waals surface area contributed by atoms with Crippen molar-refractivity contribution >= 4 is 27.9 Å². The van der Waals surface area contributed by atoms with Gasteiger partial charge in [0.05, 0.1) is 28.3 Å². The lowest BCUT2D eigenvalue weighted by Crippen LogP contribution is -2.23. The van der Waals surface area contributed by atoms with Gasteiger partial charge >= 0.3 is 0 Å². The van der Waals surface area contributed by atoms with E-state index in [9.17, 15) is 0 Å². The maximum absolute atomic E-state index is 5.06. The van der Waals surface area contributed by atoms with Crippen LogP contribution < -0.4 is 10.6 Å². The molecule has 0 unspecified atom stereocenters. The van der Waals surface area contributed by atoms with Crippen LogP contribution in [0.3, 0.4) is 0 Å². The third-order valence-electron chi connectivity index (χ3n) is 7.52. The van der Waals surface area contributed by atoms with Gasteiger partial charge < -0.3 is 15.6 Å². The van der Waals surface area contributed by atoms with Gasteiger partial charge in [-0.3, -0.25) is 9.97 Å². The summed E-state index contributed by atoms with van der Waals surface area (Å²) < 4.78 is 0. The van der Waals surface area contributed by atoms with Gasteiger partial charge in [0.25, 0.3) is 0 Å². The number of hydrogen-bond donors (Lipinski definition) is 3. The molecule has 4 heterocycles. The Morgan fingerprint density at radius 1 is 1.12 bits per heavy atom. The average molecular weight is 532 g/mol. The predicted molar refractivity (Wildman–Crippen MR) is 166 cm³/mol. The third kappa shape index (κ3) is 5.95. The Morgan fingerprint density at radius 2 is 1.98 bits per heavy atom. The lowest BCUT2D eigenvalue weighted by Gasteiger charge is -2.14. The van der Waals surface area contributed by atoms with Gasteiger partial charge in [0, 0.05) is 43.3 Å². The second kappa shape index (κ2) is 12.7. The Morgan fingerprint density at radius 3 is 2.70 bits per heavy atom. The predicted octanol–water partition coefficient (Wildman–Crippen LogP) is 6.81. The second-order valence-corrected chi connectivity index (χ2v) is 10.2. The molecule has 1 aliphatic carbocycles. The fourth-order valence-corrected chi connectivity index (χ4v) is 5.28. The van der Waals surface area contributed by atoms with Gasteiger partial charge in [0.2, 0.25) is 0 Å². The molecule has 1 saturated carbocycles. The molecule has 5 rings (SSSR count). The van der Waals surface area contributed by atoms with E-state index >= 15 is 0 Å². The van der Waals surface area contributed by atoms with Crippen molar-refractivity contribution in [3.8, 4) is 11.3 Å². The zero-order valence-corrected chi connectivity index (χ0v) is 23.4. The Labute approximate surface area is 236 Å². The molecule has 4 aromatic rings. The maximum atomic E-state index is 5.06. The molecule has 40 heavy (non-hydrogen) atoms. The number of aromatic amines is 1. The van der Waals surface area contributed by atoms with Crippen LogP contribution in [0.2, 0.25) is 0 Å². The number of fused-ring (bicyclic) bond motifs is 1. The molecule has 0 aliphatic heterocycles. The van der Waals surface area contributed by atoms with E-state index in [1.807, 2.05) is 50.4 Å². The van der Waals surface area contributed by atoms with E-state index in [4.69, 9.17) is 9.97 Å². The summed E-state index contributed by atoms with van der Waals surface area (Å²) in [7, 11) is 1.89. The molecular formula is C33H37N7. The van der Waals surface area contributed by atoms with Gasteiger partial charge in [0.1, 0.15) is 11.3 Å². The third-order valence-corrected chi connectivity index (χ3v) is 7.52. The van der Waals surface area contributed by atoms with Crippen LogP contribution >= 0.6 is 0 Å². The Bertz CT molecular complexity index is 1560. The lowest BCUT2D eigenvalue weighted by atomic mass is 10.0. The number of aromatic nitrogens is 5. The number of H-pyrrole nitrogens is 1. The fraction of sp³-hybridized carbons (Fsp3) is 0.273. The molecule has 0 spiro atoms. The summed E-state index contributed by atoms with van der Waals surface area (Å²) in [6.07, 6.45) is 16.9. The summed E-state index contributed by atoms with van der Waals surface area (Å²) in [6.45, 7) is 12.3. The highest BCUT2D eigenvalue weighted by Crippen LogP contribution is 2.31. The fourth-order valence-electron chi connectivity index (χ4n) is 5.28. The van der Waals surface area contributed by atoms with Crippen molar-refractivity contribution in [2.75, 3.05) is 25.5 Å². The maximum Gasteiger partial charge on any atom is 0.140 e. The molecule has 7 heteroatoms. The number of allylic oxidation sites excluding steroid dienone is 3. The van der Waals surface area contributed by atoms with Gasteiger partial charge in [-0.25, -0.2) is 9.97 Å². The summed E-state index contributed by atoms with van der Waals surface area (Å²) in [5, 5.41) is 6.89. The smallest absolute Gasteiger partial charge is 0.140 e. The van der Waals surface area contributed by atoms with Crippen molar-refractivity contribution in [3.63, 3.8) is 0 Å². The number of pyridine rings is 3. The topological polar surface area (TPSA) is 91.4 Å². The van der Waals surface area contributed by atoms with Crippen molar-refractivity contribution in [1.82, 2.24) is 30.2 Å². The summed E-state index contributed by atoms with van der Waals surface area (Å²) >= 11 is 0. The summed E-state index contributed by atoms with van der Waals surface area (Å²) in [5.74, 6) is 1.45. The van der Waals surface area contributed by atoms with Crippen LogP contribution in [0.5, 0.6) is 0 Å². The van der Waals surface area contributed by atoms with Crippen molar-refractivity contribution in [1.29, 1.82) is 0 Å². The first-order chi connectivity index (χ1) is 19.6. The zero-order valence-electron chi connectivity index (χ0n) is 23.4. The standard InChI is InChI=1S/C33H37N7/c1-5-23(19-36-20-24-10-7-8-11-24)18-25(6-2)27-13-14-28(34-4)30(38-27)22(3)33-39-29-15-17-37-31(32(29)40-33)26-12-9-16-35-21-26/h5-6,9,12-18,21,24,34,36H,1,3,7-8,10-11,19-20H2,2,4H3,(H,39,40)/b23-18+,25-6+. The van der Waals surface area contributed by atoms with Crippen molar-refractivity contribution < 1.29 is 0 Å².